The molecule has 2 aromatic rings. The van der Waals surface area contributed by atoms with Crippen molar-refractivity contribution in [3.63, 3.8) is 0 Å². The molecule has 6 heteroatoms. The fourth-order valence-corrected chi connectivity index (χ4v) is 3.13. The summed E-state index contributed by atoms with van der Waals surface area (Å²) in [6, 6.07) is 7.05. The minimum Gasteiger partial charge on any atom is -0.226 e. The van der Waals surface area contributed by atoms with Crippen LogP contribution in [0.2, 0.25) is 15.2 Å². The Labute approximate surface area is 131 Å². The number of hydrogen-bond donors (Lipinski definition) is 0. The standard InChI is InChI=1S/C13H11Cl3N2S/c1-2-3-12-17-11(16)7-13(18-12)19-10-6-8(14)4-5-9(10)15/h4-7H,2-3H2,1H3. The molecule has 2 nitrogen and oxygen atoms in total. The predicted octanol–water partition coefficient (Wildman–Crippen LogP) is 5.54. The molecule has 0 amide bonds. The average Bonchev–Trinajstić information content (AvgIpc) is 2.33. The number of aromatic nitrogens is 2. The van der Waals surface area contributed by atoms with Crippen LogP contribution in [-0.2, 0) is 6.42 Å². The highest BCUT2D eigenvalue weighted by Gasteiger charge is 2.08. The third-order valence-electron chi connectivity index (χ3n) is 2.30. The van der Waals surface area contributed by atoms with Crippen molar-refractivity contribution in [1.29, 1.82) is 0 Å². The highest BCUT2D eigenvalue weighted by Crippen LogP contribution is 2.34. The third-order valence-corrected chi connectivity index (χ3v) is 4.15. The van der Waals surface area contributed by atoms with Gasteiger partial charge < -0.3 is 0 Å². The van der Waals surface area contributed by atoms with Gasteiger partial charge in [0.15, 0.2) is 0 Å². The van der Waals surface area contributed by atoms with Crippen molar-refractivity contribution in [3.8, 4) is 0 Å². The summed E-state index contributed by atoms with van der Waals surface area (Å²) in [6.07, 6.45) is 1.78. The smallest absolute Gasteiger partial charge is 0.133 e. The van der Waals surface area contributed by atoms with Crippen LogP contribution in [0.5, 0.6) is 0 Å². The van der Waals surface area contributed by atoms with Crippen molar-refractivity contribution >= 4 is 46.6 Å². The summed E-state index contributed by atoms with van der Waals surface area (Å²) in [7, 11) is 0. The van der Waals surface area contributed by atoms with Gasteiger partial charge in [-0.15, -0.1) is 0 Å². The van der Waals surface area contributed by atoms with Gasteiger partial charge in [-0.1, -0.05) is 53.5 Å². The van der Waals surface area contributed by atoms with Gasteiger partial charge in [-0.05, 0) is 24.6 Å². The van der Waals surface area contributed by atoms with E-state index in [0.717, 1.165) is 28.6 Å². The first-order chi connectivity index (χ1) is 9.08. The number of benzene rings is 1. The minimum absolute atomic E-state index is 0.444. The van der Waals surface area contributed by atoms with Crippen LogP contribution in [0.25, 0.3) is 0 Å². The molecule has 0 aliphatic rings. The van der Waals surface area contributed by atoms with Crippen molar-refractivity contribution < 1.29 is 0 Å². The Morgan fingerprint density at radius 2 is 1.89 bits per heavy atom. The molecule has 0 saturated heterocycles. The van der Waals surface area contributed by atoms with Gasteiger partial charge in [0.2, 0.25) is 0 Å². The van der Waals surface area contributed by atoms with Crippen molar-refractivity contribution in [1.82, 2.24) is 9.97 Å². The van der Waals surface area contributed by atoms with Crippen molar-refractivity contribution in [2.24, 2.45) is 0 Å². The fourth-order valence-electron chi connectivity index (χ4n) is 1.50. The monoisotopic (exact) mass is 332 g/mol. The summed E-state index contributed by atoms with van der Waals surface area (Å²) in [4.78, 5) is 9.50. The molecule has 0 aliphatic carbocycles. The van der Waals surface area contributed by atoms with Crippen LogP contribution >= 0.6 is 46.6 Å². The number of halogens is 3. The van der Waals surface area contributed by atoms with Crippen molar-refractivity contribution in [2.75, 3.05) is 0 Å². The van der Waals surface area contributed by atoms with E-state index in [0.29, 0.717) is 15.2 Å². The maximum absolute atomic E-state index is 6.13. The molecular weight excluding hydrogens is 323 g/mol. The molecule has 0 aliphatic heterocycles. The molecule has 1 aromatic carbocycles. The zero-order chi connectivity index (χ0) is 13.8. The lowest BCUT2D eigenvalue weighted by Crippen LogP contribution is -1.96. The quantitative estimate of drug-likeness (QED) is 0.687. The number of rotatable bonds is 4. The van der Waals surface area contributed by atoms with Gasteiger partial charge in [0, 0.05) is 22.4 Å². The summed E-state index contributed by atoms with van der Waals surface area (Å²) >= 11 is 19.5. The van der Waals surface area contributed by atoms with Crippen LogP contribution in [-0.4, -0.2) is 9.97 Å². The summed E-state index contributed by atoms with van der Waals surface area (Å²) < 4.78 is 0. The minimum atomic E-state index is 0.444. The average molecular weight is 334 g/mol. The molecule has 0 saturated carbocycles. The maximum atomic E-state index is 6.13. The SMILES string of the molecule is CCCc1nc(Cl)cc(Sc2cc(Cl)ccc2Cl)n1. The highest BCUT2D eigenvalue weighted by atomic mass is 35.5. The Hall–Kier alpha value is -0.480. The Morgan fingerprint density at radius 3 is 2.63 bits per heavy atom. The van der Waals surface area contributed by atoms with Gasteiger partial charge in [-0.2, -0.15) is 0 Å². The van der Waals surface area contributed by atoms with Gasteiger partial charge in [-0.3, -0.25) is 0 Å². The molecule has 19 heavy (non-hydrogen) atoms. The molecule has 0 bridgehead atoms. The van der Waals surface area contributed by atoms with Gasteiger partial charge in [0.25, 0.3) is 0 Å². The second kappa shape index (κ2) is 6.80. The van der Waals surface area contributed by atoms with Crippen molar-refractivity contribution in [2.45, 2.75) is 29.7 Å². The number of nitrogens with zero attached hydrogens (tertiary/aromatic N) is 2. The van der Waals surface area contributed by atoms with E-state index in [9.17, 15) is 0 Å². The zero-order valence-electron chi connectivity index (χ0n) is 10.2. The van der Waals surface area contributed by atoms with E-state index in [4.69, 9.17) is 34.8 Å². The zero-order valence-corrected chi connectivity index (χ0v) is 13.2. The van der Waals surface area contributed by atoms with E-state index in [-0.39, 0.29) is 0 Å². The second-order valence-corrected chi connectivity index (χ2v) is 6.17. The van der Waals surface area contributed by atoms with E-state index >= 15 is 0 Å². The summed E-state index contributed by atoms with van der Waals surface area (Å²) in [5.41, 5.74) is 0. The van der Waals surface area contributed by atoms with E-state index in [2.05, 4.69) is 16.9 Å². The molecule has 0 spiro atoms. The number of hydrogen-bond acceptors (Lipinski definition) is 3. The Morgan fingerprint density at radius 1 is 1.11 bits per heavy atom. The predicted molar refractivity (Wildman–Crippen MR) is 81.6 cm³/mol. The highest BCUT2D eigenvalue weighted by molar-refractivity contribution is 7.99. The summed E-state index contributed by atoms with van der Waals surface area (Å²) in [5.74, 6) is 0.746. The molecule has 0 atom stereocenters. The molecule has 100 valence electrons. The molecule has 0 fully saturated rings. The normalized spacial score (nSPS) is 10.7. The lowest BCUT2D eigenvalue weighted by Gasteiger charge is -2.06. The second-order valence-electron chi connectivity index (χ2n) is 3.87. The van der Waals surface area contributed by atoms with Crippen LogP contribution in [0.1, 0.15) is 19.2 Å². The summed E-state index contributed by atoms with van der Waals surface area (Å²) in [6.45, 7) is 2.07. The van der Waals surface area contributed by atoms with Gasteiger partial charge in [0.05, 0.1) is 5.02 Å². The van der Waals surface area contributed by atoms with Crippen molar-refractivity contribution in [3.05, 3.63) is 45.3 Å². The van der Waals surface area contributed by atoms with E-state index in [1.807, 2.05) is 6.07 Å². The lowest BCUT2D eigenvalue weighted by molar-refractivity contribution is 0.810. The van der Waals surface area contributed by atoms with E-state index in [1.165, 1.54) is 11.8 Å². The van der Waals surface area contributed by atoms with Crippen LogP contribution in [0.3, 0.4) is 0 Å². The lowest BCUT2D eigenvalue weighted by atomic mass is 10.3. The first kappa shape index (κ1) is 14.9. The summed E-state index contributed by atoms with van der Waals surface area (Å²) in [5, 5.41) is 2.49. The Balaban J connectivity index is 2.29. The topological polar surface area (TPSA) is 25.8 Å². The Kier molecular flexibility index (Phi) is 5.34. The number of aryl methyl sites for hydroxylation is 1. The molecule has 0 N–H and O–H groups in total. The molecule has 1 aromatic heterocycles. The van der Waals surface area contributed by atoms with Crippen LogP contribution in [0, 0.1) is 0 Å². The van der Waals surface area contributed by atoms with Crippen LogP contribution in [0.4, 0.5) is 0 Å². The third kappa shape index (κ3) is 4.25. The maximum Gasteiger partial charge on any atom is 0.133 e. The van der Waals surface area contributed by atoms with Crippen LogP contribution in [0.15, 0.2) is 34.2 Å². The van der Waals surface area contributed by atoms with Gasteiger partial charge in [-0.25, -0.2) is 9.97 Å². The first-order valence-corrected chi connectivity index (χ1v) is 7.70. The van der Waals surface area contributed by atoms with Crippen LogP contribution < -0.4 is 0 Å². The largest absolute Gasteiger partial charge is 0.226 e. The molecule has 0 unspecified atom stereocenters. The van der Waals surface area contributed by atoms with E-state index in [1.54, 1.807) is 18.2 Å². The van der Waals surface area contributed by atoms with Gasteiger partial charge >= 0.3 is 0 Å². The fraction of sp³-hybridized carbons (Fsp3) is 0.231. The molecule has 0 radical (unpaired) electrons. The molecular formula is C13H11Cl3N2S. The van der Waals surface area contributed by atoms with E-state index < -0.39 is 0 Å². The Bertz CT molecular complexity index is 590. The molecule has 1 heterocycles. The molecule has 2 rings (SSSR count). The first-order valence-electron chi connectivity index (χ1n) is 5.75. The van der Waals surface area contributed by atoms with Gasteiger partial charge in [0.1, 0.15) is 16.0 Å².